The fraction of sp³-hybridized carbons (Fsp3) is 0.708. The van der Waals surface area contributed by atoms with Crippen molar-refractivity contribution in [3.05, 3.63) is 134 Å². The van der Waals surface area contributed by atoms with E-state index in [1.807, 2.05) is 24.3 Å². The van der Waals surface area contributed by atoms with Crippen LogP contribution in [0.25, 0.3) is 0 Å². The molecule has 0 aliphatic carbocycles. The van der Waals surface area contributed by atoms with Crippen LogP contribution in [0.15, 0.2) is 134 Å². The maximum absolute atomic E-state index is 13.1. The topological polar surface area (TPSA) is 237 Å². The van der Waals surface area contributed by atoms with Crippen LogP contribution in [-0.4, -0.2) is 96.7 Å². The number of allylic oxidation sites excluding steroid dienone is 22. The Balaban J connectivity index is 5.48. The van der Waals surface area contributed by atoms with Gasteiger partial charge in [0.2, 0.25) is 0 Å². The van der Waals surface area contributed by atoms with E-state index < -0.39 is 97.5 Å². The van der Waals surface area contributed by atoms with Crippen molar-refractivity contribution in [3.63, 3.8) is 0 Å². The summed E-state index contributed by atoms with van der Waals surface area (Å²) in [6.45, 7) is 4.68. The van der Waals surface area contributed by atoms with Crippen molar-refractivity contribution in [2.75, 3.05) is 39.6 Å². The molecule has 0 bridgehead atoms. The molecule has 0 aliphatic rings. The normalized spacial score (nSPS) is 14.5. The molecule has 5 atom stereocenters. The zero-order valence-electron chi connectivity index (χ0n) is 68.0. The van der Waals surface area contributed by atoms with Crippen molar-refractivity contribution in [1.29, 1.82) is 0 Å². The number of phosphoric acid groups is 2. The van der Waals surface area contributed by atoms with Gasteiger partial charge in [-0.1, -0.05) is 328 Å². The SMILES string of the molecule is CCCCC/C=C\C/C=C\C/C=C\C/C=C\C/C=C\CCC(=O)OC[C@H](COP(=O)(O)OC[C@@H](O)COP(=O)(O)OC[C@@H](COC(=O)CC/C=C\C/C=C\C/C=C\C/C=C\C/C=C\CCCCC)OC(=O)CCCCCCCCCCCCCCCCC)OC(=O)CCCCCCC/C=C\CCCCCCCC. The first-order chi connectivity index (χ1) is 52.7. The van der Waals surface area contributed by atoms with Crippen molar-refractivity contribution in [2.45, 2.75) is 367 Å². The minimum atomic E-state index is -5.00. The average Bonchev–Trinajstić information content (AvgIpc) is 0.923. The van der Waals surface area contributed by atoms with Gasteiger partial charge in [-0.25, -0.2) is 9.13 Å². The van der Waals surface area contributed by atoms with Crippen LogP contribution >= 0.6 is 15.6 Å². The van der Waals surface area contributed by atoms with E-state index in [0.29, 0.717) is 38.5 Å². The smallest absolute Gasteiger partial charge is 0.462 e. The lowest BCUT2D eigenvalue weighted by molar-refractivity contribution is -0.161. The van der Waals surface area contributed by atoms with Gasteiger partial charge >= 0.3 is 39.5 Å². The predicted octanol–water partition coefficient (Wildman–Crippen LogP) is 25.2. The third kappa shape index (κ3) is 79.3. The highest BCUT2D eigenvalue weighted by Gasteiger charge is 2.30. The zero-order chi connectivity index (χ0) is 78.9. The Morgan fingerprint density at radius 2 is 0.472 bits per heavy atom. The summed E-state index contributed by atoms with van der Waals surface area (Å²) in [6, 6.07) is 0. The molecule has 0 radical (unpaired) electrons. The average molecular weight is 1560 g/mol. The van der Waals surface area contributed by atoms with E-state index in [1.54, 1.807) is 0 Å². The number of carbonyl (C=O) groups excluding carboxylic acids is 4. The zero-order valence-corrected chi connectivity index (χ0v) is 69.8. The van der Waals surface area contributed by atoms with E-state index in [4.69, 9.17) is 37.0 Å². The van der Waals surface area contributed by atoms with E-state index in [2.05, 4.69) is 137 Å². The van der Waals surface area contributed by atoms with Crippen LogP contribution in [-0.2, 0) is 65.4 Å². The highest BCUT2D eigenvalue weighted by atomic mass is 31.2. The van der Waals surface area contributed by atoms with Crippen LogP contribution < -0.4 is 0 Å². The summed E-state index contributed by atoms with van der Waals surface area (Å²) in [5.41, 5.74) is 0. The third-order valence-corrected chi connectivity index (χ3v) is 19.5. The number of hydrogen-bond acceptors (Lipinski definition) is 15. The summed E-state index contributed by atoms with van der Waals surface area (Å²) < 4.78 is 68.6. The summed E-state index contributed by atoms with van der Waals surface area (Å²) in [6.07, 6.45) is 91.6. The molecule has 0 saturated carbocycles. The Bertz CT molecular complexity index is 2560. The lowest BCUT2D eigenvalue weighted by Crippen LogP contribution is -2.30. The highest BCUT2D eigenvalue weighted by molar-refractivity contribution is 7.47. The standard InChI is InChI=1S/C89H152O17P2/c1-5-9-13-17-21-25-29-33-37-39-41-43-47-49-53-57-61-65-69-73-86(91)99-79-84(105-88(93)75-71-67-63-59-55-51-45-35-31-27-23-19-15-11-7-3)81-103-107(95,96)101-77-83(90)78-102-108(97,98)104-82-85(106-89(94)76-72-68-64-60-56-52-46-36-32-28-24-20-16-12-8-4)80-100-87(92)74-70-66-62-58-54-50-48-44-42-40-38-34-30-26-22-18-14-10-6-2/h21-22,25-26,33-35,37-38,41-45,49-50,53-54,61-62,65-66,83-85,90H,5-20,23-24,27-32,36,39-40,46-48,51-52,55-60,63-64,67-82H2,1-4H3,(H,95,96)(H,97,98)/b25-21-,26-22-,37-33-,38-34-,43-41-,44-42-,45-35-,53-49-,54-50-,65-61-,66-62-/t83-,84-,85-/m1/s1. The molecule has 0 fully saturated rings. The summed E-state index contributed by atoms with van der Waals surface area (Å²) in [4.78, 5) is 73.1. The molecule has 2 unspecified atom stereocenters. The number of aliphatic hydroxyl groups excluding tert-OH is 1. The minimum absolute atomic E-state index is 0.0333. The van der Waals surface area contributed by atoms with Crippen molar-refractivity contribution >= 4 is 39.5 Å². The molecule has 19 heteroatoms. The molecule has 3 N–H and O–H groups in total. The van der Waals surface area contributed by atoms with Gasteiger partial charge in [0.25, 0.3) is 0 Å². The van der Waals surface area contributed by atoms with Crippen molar-refractivity contribution < 1.29 is 80.2 Å². The second-order valence-corrected chi connectivity index (χ2v) is 31.0. The Labute approximate surface area is 656 Å². The van der Waals surface area contributed by atoms with Gasteiger partial charge in [0.05, 0.1) is 26.4 Å². The number of rotatable bonds is 79. The summed E-state index contributed by atoms with van der Waals surface area (Å²) in [5, 5.41) is 10.7. The van der Waals surface area contributed by atoms with Gasteiger partial charge in [0.15, 0.2) is 12.2 Å². The van der Waals surface area contributed by atoms with Crippen LogP contribution in [0.3, 0.4) is 0 Å². The van der Waals surface area contributed by atoms with E-state index in [1.165, 1.54) is 141 Å². The van der Waals surface area contributed by atoms with E-state index >= 15 is 0 Å². The molecule has 108 heavy (non-hydrogen) atoms. The molecule has 0 saturated heterocycles. The Kier molecular flexibility index (Phi) is 76.7. The number of carbonyl (C=O) groups is 4. The number of unbranched alkanes of at least 4 members (excludes halogenated alkanes) is 31. The van der Waals surface area contributed by atoms with Crippen LogP contribution in [0.1, 0.15) is 349 Å². The monoisotopic (exact) mass is 1560 g/mol. The first-order valence-electron chi connectivity index (χ1n) is 42.4. The van der Waals surface area contributed by atoms with Gasteiger partial charge in [-0.2, -0.15) is 0 Å². The number of hydrogen-bond donors (Lipinski definition) is 3. The number of phosphoric ester groups is 2. The first kappa shape index (κ1) is 103. The predicted molar refractivity (Wildman–Crippen MR) is 445 cm³/mol. The summed E-state index contributed by atoms with van der Waals surface area (Å²) in [7, 11) is -10.0. The summed E-state index contributed by atoms with van der Waals surface area (Å²) >= 11 is 0. The van der Waals surface area contributed by atoms with Gasteiger partial charge in [-0.15, -0.1) is 0 Å². The van der Waals surface area contributed by atoms with Crippen LogP contribution in [0.5, 0.6) is 0 Å². The minimum Gasteiger partial charge on any atom is -0.462 e. The molecule has 0 spiro atoms. The van der Waals surface area contributed by atoms with Gasteiger partial charge in [0.1, 0.15) is 19.3 Å². The van der Waals surface area contributed by atoms with Crippen LogP contribution in [0, 0.1) is 0 Å². The molecule has 17 nitrogen and oxygen atoms in total. The Morgan fingerprint density at radius 1 is 0.259 bits per heavy atom. The van der Waals surface area contributed by atoms with E-state index in [-0.39, 0.29) is 25.7 Å². The fourth-order valence-corrected chi connectivity index (χ4v) is 12.7. The van der Waals surface area contributed by atoms with Crippen molar-refractivity contribution in [2.24, 2.45) is 0 Å². The molecule has 0 heterocycles. The molecule has 0 rings (SSSR count). The molecular weight excluding hydrogens is 1400 g/mol. The van der Waals surface area contributed by atoms with Crippen molar-refractivity contribution in [1.82, 2.24) is 0 Å². The molecule has 0 aromatic carbocycles. The van der Waals surface area contributed by atoms with Gasteiger partial charge in [-0.05, 0) is 128 Å². The van der Waals surface area contributed by atoms with Crippen molar-refractivity contribution in [3.8, 4) is 0 Å². The van der Waals surface area contributed by atoms with Crippen LogP contribution in [0.4, 0.5) is 0 Å². The maximum atomic E-state index is 13.1. The molecular formula is C89H152O17P2. The molecule has 0 amide bonds. The Hall–Kier alpha value is -4.80. The van der Waals surface area contributed by atoms with Crippen LogP contribution in [0.2, 0.25) is 0 Å². The van der Waals surface area contributed by atoms with E-state index in [0.717, 1.165) is 116 Å². The number of aliphatic hydroxyl groups is 1. The molecule has 620 valence electrons. The number of esters is 4. The highest BCUT2D eigenvalue weighted by Crippen LogP contribution is 2.45. The molecule has 0 aromatic rings. The molecule has 0 aromatic heterocycles. The van der Waals surface area contributed by atoms with Gasteiger partial charge in [0, 0.05) is 25.7 Å². The van der Waals surface area contributed by atoms with Gasteiger partial charge in [-0.3, -0.25) is 37.3 Å². The molecule has 0 aliphatic heterocycles. The largest absolute Gasteiger partial charge is 0.472 e. The second-order valence-electron chi connectivity index (χ2n) is 28.1. The van der Waals surface area contributed by atoms with Gasteiger partial charge < -0.3 is 33.8 Å². The van der Waals surface area contributed by atoms with E-state index in [9.17, 15) is 43.2 Å². The second kappa shape index (κ2) is 80.3. The lowest BCUT2D eigenvalue weighted by atomic mass is 10.0. The first-order valence-corrected chi connectivity index (χ1v) is 45.4. The lowest BCUT2D eigenvalue weighted by Gasteiger charge is -2.21. The summed E-state index contributed by atoms with van der Waals surface area (Å²) in [5.74, 6) is -2.37. The quantitative estimate of drug-likeness (QED) is 0.0169. The number of ether oxygens (including phenoxy) is 4. The third-order valence-electron chi connectivity index (χ3n) is 17.6. The maximum Gasteiger partial charge on any atom is 0.472 e. The fourth-order valence-electron chi connectivity index (χ4n) is 11.1. The Morgan fingerprint density at radius 3 is 0.759 bits per heavy atom.